The first-order valence-corrected chi connectivity index (χ1v) is 7.46. The van der Waals surface area contributed by atoms with Crippen molar-refractivity contribution < 1.29 is 4.79 Å². The number of hydrogen-bond donors (Lipinski definition) is 1. The van der Waals surface area contributed by atoms with Crippen LogP contribution in [0.1, 0.15) is 37.7 Å². The van der Waals surface area contributed by atoms with Crippen LogP contribution in [0.5, 0.6) is 0 Å². The van der Waals surface area contributed by atoms with E-state index in [0.717, 1.165) is 44.1 Å². The number of rotatable bonds is 5. The Labute approximate surface area is 115 Å². The first-order chi connectivity index (χ1) is 9.34. The topological polar surface area (TPSA) is 32.3 Å². The number of aryl methyl sites for hydroxylation is 1. The molecule has 0 unspecified atom stereocenters. The first kappa shape index (κ1) is 12.7. The van der Waals surface area contributed by atoms with Crippen molar-refractivity contribution >= 4 is 11.6 Å². The van der Waals surface area contributed by atoms with Gasteiger partial charge in [0.15, 0.2) is 0 Å². The summed E-state index contributed by atoms with van der Waals surface area (Å²) in [5, 5.41) is 3.51. The Bertz CT molecular complexity index is 454. The maximum atomic E-state index is 12.2. The Kier molecular flexibility index (Phi) is 3.83. The normalized spacial score (nSPS) is 19.2. The van der Waals surface area contributed by atoms with E-state index in [1.165, 1.54) is 18.4 Å². The molecule has 0 spiro atoms. The molecule has 0 aromatic heterocycles. The summed E-state index contributed by atoms with van der Waals surface area (Å²) in [5.41, 5.74) is 2.46. The highest BCUT2D eigenvalue weighted by atomic mass is 16.2. The molecule has 1 heterocycles. The summed E-state index contributed by atoms with van der Waals surface area (Å²) in [5.74, 6) is 0.288. The van der Waals surface area contributed by atoms with Crippen LogP contribution in [0.4, 0.5) is 5.69 Å². The van der Waals surface area contributed by atoms with E-state index in [4.69, 9.17) is 0 Å². The van der Waals surface area contributed by atoms with Crippen LogP contribution in [0, 0.1) is 0 Å². The van der Waals surface area contributed by atoms with E-state index in [1.54, 1.807) is 0 Å². The molecule has 0 saturated heterocycles. The minimum Gasteiger partial charge on any atom is -0.314 e. The third kappa shape index (κ3) is 3.16. The lowest BCUT2D eigenvalue weighted by atomic mass is 10.1. The van der Waals surface area contributed by atoms with Crippen molar-refractivity contribution in [1.29, 1.82) is 0 Å². The molecule has 0 bridgehead atoms. The van der Waals surface area contributed by atoms with Crippen LogP contribution in [0.2, 0.25) is 0 Å². The Morgan fingerprint density at radius 1 is 1.21 bits per heavy atom. The molecular weight excluding hydrogens is 236 g/mol. The number of anilines is 1. The second kappa shape index (κ2) is 5.74. The van der Waals surface area contributed by atoms with Gasteiger partial charge in [0.2, 0.25) is 5.91 Å². The molecule has 1 aromatic rings. The predicted octanol–water partition coefficient (Wildman–Crippen LogP) is 2.50. The van der Waals surface area contributed by atoms with Crippen LogP contribution in [0.25, 0.3) is 0 Å². The molecule has 3 heteroatoms. The van der Waals surface area contributed by atoms with Gasteiger partial charge in [0, 0.05) is 24.7 Å². The third-order valence-corrected chi connectivity index (χ3v) is 3.99. The van der Waals surface area contributed by atoms with Crippen LogP contribution >= 0.6 is 0 Å². The van der Waals surface area contributed by atoms with Gasteiger partial charge in [0.25, 0.3) is 0 Å². The largest absolute Gasteiger partial charge is 0.314 e. The lowest BCUT2D eigenvalue weighted by Crippen LogP contribution is -2.33. The summed E-state index contributed by atoms with van der Waals surface area (Å²) in [6, 6.07) is 9.11. The summed E-state index contributed by atoms with van der Waals surface area (Å²) < 4.78 is 0. The predicted molar refractivity (Wildman–Crippen MR) is 77.4 cm³/mol. The zero-order chi connectivity index (χ0) is 13.1. The van der Waals surface area contributed by atoms with Gasteiger partial charge in [-0.25, -0.2) is 0 Å². The number of amides is 1. The van der Waals surface area contributed by atoms with Crippen molar-refractivity contribution in [1.82, 2.24) is 5.32 Å². The van der Waals surface area contributed by atoms with E-state index in [9.17, 15) is 4.79 Å². The molecule has 1 saturated carbocycles. The number of nitrogens with one attached hydrogen (secondary N) is 1. The molecule has 1 N–H and O–H groups in total. The Hall–Kier alpha value is -1.35. The summed E-state index contributed by atoms with van der Waals surface area (Å²) >= 11 is 0. The average molecular weight is 258 g/mol. The summed E-state index contributed by atoms with van der Waals surface area (Å²) in [4.78, 5) is 14.2. The summed E-state index contributed by atoms with van der Waals surface area (Å²) in [6.07, 6.45) is 6.38. The number of carbonyl (C=O) groups excluding carboxylic acids is 1. The van der Waals surface area contributed by atoms with Crippen molar-refractivity contribution in [3.05, 3.63) is 29.8 Å². The monoisotopic (exact) mass is 258 g/mol. The van der Waals surface area contributed by atoms with Gasteiger partial charge in [-0.15, -0.1) is 0 Å². The molecule has 1 aliphatic heterocycles. The molecule has 3 rings (SSSR count). The summed E-state index contributed by atoms with van der Waals surface area (Å²) in [7, 11) is 0. The van der Waals surface area contributed by atoms with Crippen LogP contribution in [0.15, 0.2) is 24.3 Å². The maximum Gasteiger partial charge on any atom is 0.226 e. The van der Waals surface area contributed by atoms with E-state index in [1.807, 2.05) is 11.0 Å². The Morgan fingerprint density at radius 2 is 2.05 bits per heavy atom. The minimum atomic E-state index is 0.288. The minimum absolute atomic E-state index is 0.288. The molecule has 1 amide bonds. The van der Waals surface area contributed by atoms with Crippen LogP contribution in [-0.2, 0) is 11.2 Å². The number of para-hydroxylation sites is 1. The number of hydrogen-bond acceptors (Lipinski definition) is 2. The highest BCUT2D eigenvalue weighted by Gasteiger charge is 2.22. The highest BCUT2D eigenvalue weighted by molar-refractivity contribution is 5.94. The second-order valence-electron chi connectivity index (χ2n) is 5.61. The molecule has 0 radical (unpaired) electrons. The quantitative estimate of drug-likeness (QED) is 0.823. The number of carbonyl (C=O) groups is 1. The highest BCUT2D eigenvalue weighted by Crippen LogP contribution is 2.26. The lowest BCUT2D eigenvalue weighted by molar-refractivity contribution is -0.118. The Morgan fingerprint density at radius 3 is 2.89 bits per heavy atom. The molecule has 1 aromatic carbocycles. The fourth-order valence-electron chi connectivity index (χ4n) is 2.76. The molecule has 1 fully saturated rings. The molecule has 19 heavy (non-hydrogen) atoms. The lowest BCUT2D eigenvalue weighted by Gasteiger charge is -2.23. The van der Waals surface area contributed by atoms with E-state index < -0.39 is 0 Å². The molecule has 3 nitrogen and oxygen atoms in total. The smallest absolute Gasteiger partial charge is 0.226 e. The summed E-state index contributed by atoms with van der Waals surface area (Å²) in [6.45, 7) is 1.87. The molecular formula is C16H22N2O. The van der Waals surface area contributed by atoms with E-state index in [0.29, 0.717) is 6.42 Å². The number of benzene rings is 1. The van der Waals surface area contributed by atoms with Gasteiger partial charge in [0.05, 0.1) is 0 Å². The standard InChI is InChI=1S/C16H22N2O/c19-16-8-3-6-13-5-1-2-7-15(13)18(16)12-4-11-17-14-9-10-14/h1-2,5,7,14,17H,3-4,6,8-12H2. The number of fused-ring (bicyclic) bond motifs is 1. The second-order valence-corrected chi connectivity index (χ2v) is 5.61. The first-order valence-electron chi connectivity index (χ1n) is 7.46. The van der Waals surface area contributed by atoms with Gasteiger partial charge in [-0.2, -0.15) is 0 Å². The van der Waals surface area contributed by atoms with Gasteiger partial charge in [-0.05, 0) is 50.3 Å². The molecule has 0 atom stereocenters. The van der Waals surface area contributed by atoms with Crippen molar-refractivity contribution in [2.45, 2.75) is 44.6 Å². The maximum absolute atomic E-state index is 12.2. The zero-order valence-corrected chi connectivity index (χ0v) is 11.4. The van der Waals surface area contributed by atoms with Crippen molar-refractivity contribution in [3.8, 4) is 0 Å². The van der Waals surface area contributed by atoms with Crippen LogP contribution < -0.4 is 10.2 Å². The van der Waals surface area contributed by atoms with Gasteiger partial charge in [0.1, 0.15) is 0 Å². The van der Waals surface area contributed by atoms with E-state index in [2.05, 4.69) is 23.5 Å². The fraction of sp³-hybridized carbons (Fsp3) is 0.562. The van der Waals surface area contributed by atoms with Crippen molar-refractivity contribution in [3.63, 3.8) is 0 Å². The molecule has 102 valence electrons. The Balaban J connectivity index is 1.64. The molecule has 2 aliphatic rings. The zero-order valence-electron chi connectivity index (χ0n) is 11.4. The van der Waals surface area contributed by atoms with Crippen molar-refractivity contribution in [2.24, 2.45) is 0 Å². The molecule has 1 aliphatic carbocycles. The van der Waals surface area contributed by atoms with E-state index >= 15 is 0 Å². The fourth-order valence-corrected chi connectivity index (χ4v) is 2.76. The third-order valence-electron chi connectivity index (χ3n) is 3.99. The van der Waals surface area contributed by atoms with Crippen LogP contribution in [-0.4, -0.2) is 25.0 Å². The van der Waals surface area contributed by atoms with Gasteiger partial charge < -0.3 is 10.2 Å². The van der Waals surface area contributed by atoms with Gasteiger partial charge in [-0.1, -0.05) is 18.2 Å². The average Bonchev–Trinajstić information content (AvgIpc) is 3.24. The van der Waals surface area contributed by atoms with E-state index in [-0.39, 0.29) is 5.91 Å². The SMILES string of the molecule is O=C1CCCc2ccccc2N1CCCNC1CC1. The van der Waals surface area contributed by atoms with Gasteiger partial charge in [-0.3, -0.25) is 4.79 Å². The van der Waals surface area contributed by atoms with Crippen LogP contribution in [0.3, 0.4) is 0 Å². The van der Waals surface area contributed by atoms with Crippen molar-refractivity contribution in [2.75, 3.05) is 18.0 Å². The number of nitrogens with zero attached hydrogens (tertiary/aromatic N) is 1. The van der Waals surface area contributed by atoms with Gasteiger partial charge >= 0.3 is 0 Å².